The molecular weight excluding hydrogens is 432 g/mol. The molecule has 2 amide bonds. The van der Waals surface area contributed by atoms with Gasteiger partial charge in [0.25, 0.3) is 11.8 Å². The number of hydrogen-bond donors (Lipinski definition) is 0. The van der Waals surface area contributed by atoms with Crippen molar-refractivity contribution in [1.82, 2.24) is 4.90 Å². The monoisotopic (exact) mass is 450 g/mol. The third kappa shape index (κ3) is 2.84. The van der Waals surface area contributed by atoms with Gasteiger partial charge in [0.2, 0.25) is 0 Å². The number of nitrogens with zero attached hydrogens (tertiary/aromatic N) is 2. The van der Waals surface area contributed by atoms with Crippen LogP contribution in [-0.2, 0) is 9.59 Å². The van der Waals surface area contributed by atoms with Gasteiger partial charge >= 0.3 is 0 Å². The minimum absolute atomic E-state index is 0.0909. The molecule has 0 unspecified atom stereocenters. The third-order valence-electron chi connectivity index (χ3n) is 5.14. The van der Waals surface area contributed by atoms with Crippen molar-refractivity contribution in [2.24, 2.45) is 0 Å². The summed E-state index contributed by atoms with van der Waals surface area (Å²) < 4.78 is 1.48. The standard InChI is InChI=1S/C19H19BrN2O2S2/c1-2-9-21-14-8-7-11(20)10-13(14)15(17(21)23)16-18(24)22(19(25)26-16)12-5-3-4-6-12/h7-8,10,12H,2-6,9H2,1H3. The van der Waals surface area contributed by atoms with Gasteiger partial charge in [-0.05, 0) is 37.5 Å². The van der Waals surface area contributed by atoms with E-state index >= 15 is 0 Å². The van der Waals surface area contributed by atoms with Gasteiger partial charge in [-0.15, -0.1) is 0 Å². The second-order valence-electron chi connectivity index (χ2n) is 6.80. The lowest BCUT2D eigenvalue weighted by Gasteiger charge is -2.22. The summed E-state index contributed by atoms with van der Waals surface area (Å²) in [6, 6.07) is 5.99. The fourth-order valence-electron chi connectivity index (χ4n) is 3.98. The second kappa shape index (κ2) is 7.09. The number of rotatable bonds is 3. The third-order valence-corrected chi connectivity index (χ3v) is 7.04. The van der Waals surface area contributed by atoms with Gasteiger partial charge in [0, 0.05) is 22.6 Å². The van der Waals surface area contributed by atoms with Gasteiger partial charge in [0.1, 0.15) is 4.32 Å². The van der Waals surface area contributed by atoms with Crippen molar-refractivity contribution in [3.05, 3.63) is 33.1 Å². The predicted octanol–water partition coefficient (Wildman–Crippen LogP) is 4.72. The Labute approximate surface area is 171 Å². The van der Waals surface area contributed by atoms with E-state index in [2.05, 4.69) is 15.9 Å². The molecule has 0 aromatic heterocycles. The van der Waals surface area contributed by atoms with Gasteiger partial charge in [0.15, 0.2) is 0 Å². The molecule has 1 aromatic carbocycles. The number of fused-ring (bicyclic) bond motifs is 1. The molecule has 1 aliphatic carbocycles. The van der Waals surface area contributed by atoms with Crippen molar-refractivity contribution in [3.63, 3.8) is 0 Å². The van der Waals surface area contributed by atoms with E-state index in [9.17, 15) is 9.59 Å². The lowest BCUT2D eigenvalue weighted by atomic mass is 10.1. The quantitative estimate of drug-likeness (QED) is 0.493. The van der Waals surface area contributed by atoms with E-state index in [1.54, 1.807) is 9.80 Å². The van der Waals surface area contributed by atoms with Crippen LogP contribution in [0.3, 0.4) is 0 Å². The van der Waals surface area contributed by atoms with Crippen LogP contribution in [0.15, 0.2) is 27.6 Å². The Hall–Kier alpha value is -1.18. The Morgan fingerprint density at radius 3 is 2.65 bits per heavy atom. The molecule has 2 aliphatic heterocycles. The summed E-state index contributed by atoms with van der Waals surface area (Å²) in [5, 5.41) is 0. The molecule has 1 saturated carbocycles. The number of amides is 2. The number of thioether (sulfide) groups is 1. The van der Waals surface area contributed by atoms with Crippen molar-refractivity contribution in [2.45, 2.75) is 45.1 Å². The Morgan fingerprint density at radius 2 is 1.96 bits per heavy atom. The van der Waals surface area contributed by atoms with Gasteiger partial charge in [-0.3, -0.25) is 14.5 Å². The van der Waals surface area contributed by atoms with Gasteiger partial charge in [-0.1, -0.05) is 59.7 Å². The van der Waals surface area contributed by atoms with E-state index in [0.717, 1.165) is 47.8 Å². The van der Waals surface area contributed by atoms with E-state index in [-0.39, 0.29) is 17.9 Å². The summed E-state index contributed by atoms with van der Waals surface area (Å²) in [5.74, 6) is -0.189. The first-order chi connectivity index (χ1) is 12.5. The second-order valence-corrected chi connectivity index (χ2v) is 9.36. The first-order valence-electron chi connectivity index (χ1n) is 8.94. The minimum atomic E-state index is -0.0977. The van der Waals surface area contributed by atoms with Gasteiger partial charge in [-0.25, -0.2) is 0 Å². The number of anilines is 1. The van der Waals surface area contributed by atoms with Crippen molar-refractivity contribution in [2.75, 3.05) is 11.4 Å². The van der Waals surface area contributed by atoms with Crippen LogP contribution in [0.4, 0.5) is 5.69 Å². The predicted molar refractivity (Wildman–Crippen MR) is 113 cm³/mol. The van der Waals surface area contributed by atoms with Crippen LogP contribution in [0.5, 0.6) is 0 Å². The molecular formula is C19H19BrN2O2S2. The van der Waals surface area contributed by atoms with Crippen LogP contribution in [0.25, 0.3) is 5.57 Å². The van der Waals surface area contributed by atoms with Crippen molar-refractivity contribution in [1.29, 1.82) is 0 Å². The molecule has 7 heteroatoms. The Balaban J connectivity index is 1.81. The molecule has 2 heterocycles. The molecule has 0 radical (unpaired) electrons. The van der Waals surface area contributed by atoms with Crippen molar-refractivity contribution >= 4 is 67.3 Å². The van der Waals surface area contributed by atoms with Gasteiger partial charge < -0.3 is 4.90 Å². The van der Waals surface area contributed by atoms with E-state index in [0.29, 0.717) is 21.3 Å². The van der Waals surface area contributed by atoms with Gasteiger partial charge in [0.05, 0.1) is 16.2 Å². The number of carbonyl (C=O) groups excluding carboxylic acids is 2. The maximum Gasteiger partial charge on any atom is 0.267 e. The van der Waals surface area contributed by atoms with Gasteiger partial charge in [-0.2, -0.15) is 0 Å². The highest BCUT2D eigenvalue weighted by molar-refractivity contribution is 9.10. The van der Waals surface area contributed by atoms with Crippen molar-refractivity contribution < 1.29 is 9.59 Å². The molecule has 2 fully saturated rings. The SMILES string of the molecule is CCCN1C(=O)C(=C2SC(=S)N(C3CCCC3)C2=O)c2cc(Br)ccc21. The summed E-state index contributed by atoms with van der Waals surface area (Å²) in [4.78, 5) is 30.3. The fraction of sp³-hybridized carbons (Fsp3) is 0.421. The maximum atomic E-state index is 13.2. The zero-order valence-electron chi connectivity index (χ0n) is 14.5. The van der Waals surface area contributed by atoms with E-state index < -0.39 is 0 Å². The minimum Gasteiger partial charge on any atom is -0.308 e. The Kier molecular flexibility index (Phi) is 4.96. The molecule has 0 spiro atoms. The smallest absolute Gasteiger partial charge is 0.267 e. The molecule has 1 saturated heterocycles. The molecule has 4 nitrogen and oxygen atoms in total. The Morgan fingerprint density at radius 1 is 1.23 bits per heavy atom. The van der Waals surface area contributed by atoms with Crippen LogP contribution in [0, 0.1) is 0 Å². The van der Waals surface area contributed by atoms with E-state index in [1.165, 1.54) is 11.8 Å². The van der Waals surface area contributed by atoms with Crippen LogP contribution in [-0.4, -0.2) is 33.6 Å². The van der Waals surface area contributed by atoms with Crippen LogP contribution >= 0.6 is 39.9 Å². The highest BCUT2D eigenvalue weighted by atomic mass is 79.9. The summed E-state index contributed by atoms with van der Waals surface area (Å²) in [5.41, 5.74) is 2.21. The number of halogens is 1. The fourth-order valence-corrected chi connectivity index (χ4v) is 5.81. The number of carbonyl (C=O) groups is 2. The largest absolute Gasteiger partial charge is 0.308 e. The zero-order chi connectivity index (χ0) is 18.4. The first kappa shape index (κ1) is 18.2. The number of benzene rings is 1. The molecule has 0 N–H and O–H groups in total. The van der Waals surface area contributed by atoms with Crippen LogP contribution < -0.4 is 4.90 Å². The molecule has 0 atom stereocenters. The van der Waals surface area contributed by atoms with E-state index in [4.69, 9.17) is 12.2 Å². The summed E-state index contributed by atoms with van der Waals surface area (Å²) in [6.45, 7) is 2.68. The number of thiocarbonyl (C=S) groups is 1. The van der Waals surface area contributed by atoms with Crippen LogP contribution in [0.2, 0.25) is 0 Å². The molecule has 1 aromatic rings. The molecule has 0 bridgehead atoms. The average molecular weight is 451 g/mol. The lowest BCUT2D eigenvalue weighted by Crippen LogP contribution is -2.37. The normalized spacial score (nSPS) is 23.5. The topological polar surface area (TPSA) is 40.6 Å². The molecule has 136 valence electrons. The zero-order valence-corrected chi connectivity index (χ0v) is 17.7. The first-order valence-corrected chi connectivity index (χ1v) is 11.0. The molecule has 3 aliphatic rings. The van der Waals surface area contributed by atoms with Crippen molar-refractivity contribution in [3.8, 4) is 0 Å². The highest BCUT2D eigenvalue weighted by Crippen LogP contribution is 2.46. The Bertz CT molecular complexity index is 846. The average Bonchev–Trinajstić information content (AvgIpc) is 3.28. The van der Waals surface area contributed by atoms with E-state index in [1.807, 2.05) is 25.1 Å². The summed E-state index contributed by atoms with van der Waals surface area (Å²) >= 11 is 10.3. The summed E-state index contributed by atoms with van der Waals surface area (Å²) in [7, 11) is 0. The lowest BCUT2D eigenvalue weighted by molar-refractivity contribution is -0.123. The summed E-state index contributed by atoms with van der Waals surface area (Å²) in [6.07, 6.45) is 5.11. The maximum absolute atomic E-state index is 13.2. The highest BCUT2D eigenvalue weighted by Gasteiger charge is 2.44. The number of hydrogen-bond acceptors (Lipinski definition) is 4. The molecule has 4 rings (SSSR count). The van der Waals surface area contributed by atoms with Crippen LogP contribution in [0.1, 0.15) is 44.6 Å². The molecule has 26 heavy (non-hydrogen) atoms.